The van der Waals surface area contributed by atoms with E-state index in [0.29, 0.717) is 28.8 Å². The van der Waals surface area contributed by atoms with Crippen molar-refractivity contribution in [2.75, 3.05) is 29.5 Å². The van der Waals surface area contributed by atoms with E-state index in [2.05, 4.69) is 15.0 Å². The highest BCUT2D eigenvalue weighted by Crippen LogP contribution is 2.25. The third kappa shape index (κ3) is 4.75. The molecule has 0 atom stereocenters. The number of aromatic nitrogens is 3. The van der Waals surface area contributed by atoms with Crippen LogP contribution in [0, 0.1) is 0 Å². The van der Waals surface area contributed by atoms with Crippen LogP contribution in [0.4, 0.5) is 17.3 Å². The van der Waals surface area contributed by atoms with Crippen molar-refractivity contribution in [1.82, 2.24) is 15.0 Å². The van der Waals surface area contributed by atoms with E-state index in [1.807, 2.05) is 18.7 Å². The monoisotopic (exact) mass is 366 g/mol. The van der Waals surface area contributed by atoms with E-state index in [-0.39, 0.29) is 12.0 Å². The molecule has 3 rings (SSSR count). The van der Waals surface area contributed by atoms with E-state index < -0.39 is 0 Å². The van der Waals surface area contributed by atoms with Crippen LogP contribution < -0.4 is 25.8 Å². The van der Waals surface area contributed by atoms with Crippen molar-refractivity contribution in [3.8, 4) is 23.5 Å². The van der Waals surface area contributed by atoms with Gasteiger partial charge in [0.1, 0.15) is 11.5 Å². The Labute approximate surface area is 157 Å². The van der Waals surface area contributed by atoms with Gasteiger partial charge in [-0.3, -0.25) is 0 Å². The van der Waals surface area contributed by atoms with Gasteiger partial charge in [0.25, 0.3) is 0 Å². The van der Waals surface area contributed by atoms with Crippen LogP contribution in [0.5, 0.6) is 23.5 Å². The Morgan fingerprint density at radius 1 is 0.704 bits per heavy atom. The second-order valence-corrected chi connectivity index (χ2v) is 5.72. The van der Waals surface area contributed by atoms with E-state index in [4.69, 9.17) is 20.9 Å². The Morgan fingerprint density at radius 2 is 1.11 bits per heavy atom. The van der Waals surface area contributed by atoms with Crippen LogP contribution in [0.15, 0.2) is 48.5 Å². The molecule has 0 fully saturated rings. The SMILES string of the molecule is CCN(CC)c1nc(Oc2ccc(N)cc2)nc(Oc2ccc(N)cc2)n1. The summed E-state index contributed by atoms with van der Waals surface area (Å²) in [7, 11) is 0. The zero-order valence-corrected chi connectivity index (χ0v) is 15.3. The van der Waals surface area contributed by atoms with Gasteiger partial charge in [0.2, 0.25) is 5.95 Å². The quantitative estimate of drug-likeness (QED) is 0.611. The predicted octanol–water partition coefficient (Wildman–Crippen LogP) is 3.47. The third-order valence-electron chi connectivity index (χ3n) is 3.81. The number of rotatable bonds is 7. The molecule has 0 spiro atoms. The third-order valence-corrected chi connectivity index (χ3v) is 3.81. The summed E-state index contributed by atoms with van der Waals surface area (Å²) in [6, 6.07) is 14.2. The zero-order chi connectivity index (χ0) is 19.2. The number of nitrogens with two attached hydrogens (primary N) is 2. The highest BCUT2D eigenvalue weighted by atomic mass is 16.5. The van der Waals surface area contributed by atoms with Crippen molar-refractivity contribution in [1.29, 1.82) is 0 Å². The molecule has 140 valence electrons. The fourth-order valence-corrected chi connectivity index (χ4v) is 2.35. The molecule has 0 bridgehead atoms. The molecule has 2 aromatic carbocycles. The number of hydrogen-bond acceptors (Lipinski definition) is 8. The molecular formula is C19H22N6O2. The highest BCUT2D eigenvalue weighted by Gasteiger charge is 2.14. The Hall–Kier alpha value is -3.55. The molecule has 4 N–H and O–H groups in total. The summed E-state index contributed by atoms with van der Waals surface area (Å²) in [5.74, 6) is 1.62. The smallest absolute Gasteiger partial charge is 0.330 e. The van der Waals surface area contributed by atoms with E-state index in [9.17, 15) is 0 Å². The minimum Gasteiger partial charge on any atom is -0.424 e. The minimum atomic E-state index is 0.141. The number of nitrogen functional groups attached to an aromatic ring is 2. The van der Waals surface area contributed by atoms with Gasteiger partial charge >= 0.3 is 12.0 Å². The van der Waals surface area contributed by atoms with Gasteiger partial charge < -0.3 is 25.8 Å². The molecule has 0 unspecified atom stereocenters. The lowest BCUT2D eigenvalue weighted by atomic mass is 10.3. The van der Waals surface area contributed by atoms with Gasteiger partial charge in [0.05, 0.1) is 0 Å². The summed E-state index contributed by atoms with van der Waals surface area (Å²) in [5.41, 5.74) is 12.7. The van der Waals surface area contributed by atoms with Crippen molar-refractivity contribution >= 4 is 17.3 Å². The molecule has 0 saturated carbocycles. The lowest BCUT2D eigenvalue weighted by molar-refractivity contribution is 0.397. The molecule has 0 amide bonds. The van der Waals surface area contributed by atoms with E-state index in [1.54, 1.807) is 48.5 Å². The Balaban J connectivity index is 1.92. The van der Waals surface area contributed by atoms with Crippen LogP contribution >= 0.6 is 0 Å². The van der Waals surface area contributed by atoms with E-state index >= 15 is 0 Å². The summed E-state index contributed by atoms with van der Waals surface area (Å²) in [6.45, 7) is 5.52. The van der Waals surface area contributed by atoms with Gasteiger partial charge in [-0.25, -0.2) is 0 Å². The molecular weight excluding hydrogens is 344 g/mol. The maximum atomic E-state index is 5.77. The van der Waals surface area contributed by atoms with Crippen LogP contribution in [-0.4, -0.2) is 28.0 Å². The summed E-state index contributed by atoms with van der Waals surface area (Å²) in [4.78, 5) is 15.0. The second kappa shape index (κ2) is 8.22. The first-order valence-electron chi connectivity index (χ1n) is 8.65. The fraction of sp³-hybridized carbons (Fsp3) is 0.211. The standard InChI is InChI=1S/C19H22N6O2/c1-3-25(4-2)17-22-18(26-15-9-5-13(20)6-10-15)24-19(23-17)27-16-11-7-14(21)8-12-16/h5-12H,3-4,20-21H2,1-2H3. The van der Waals surface area contributed by atoms with Gasteiger partial charge in [-0.05, 0) is 62.4 Å². The summed E-state index contributed by atoms with van der Waals surface area (Å²) < 4.78 is 11.5. The predicted molar refractivity (Wildman–Crippen MR) is 105 cm³/mol. The van der Waals surface area contributed by atoms with Gasteiger partial charge in [-0.2, -0.15) is 9.97 Å². The van der Waals surface area contributed by atoms with E-state index in [1.165, 1.54) is 0 Å². The van der Waals surface area contributed by atoms with Crippen molar-refractivity contribution in [3.63, 3.8) is 0 Å². The summed E-state index contributed by atoms with van der Waals surface area (Å²) in [6.07, 6.45) is 0. The first-order chi connectivity index (χ1) is 13.1. The van der Waals surface area contributed by atoms with Gasteiger partial charge in [0, 0.05) is 24.5 Å². The largest absolute Gasteiger partial charge is 0.424 e. The van der Waals surface area contributed by atoms with E-state index in [0.717, 1.165) is 13.1 Å². The second-order valence-electron chi connectivity index (χ2n) is 5.72. The summed E-state index contributed by atoms with van der Waals surface area (Å²) >= 11 is 0. The number of hydrogen-bond donors (Lipinski definition) is 2. The van der Waals surface area contributed by atoms with Crippen LogP contribution in [-0.2, 0) is 0 Å². The zero-order valence-electron chi connectivity index (χ0n) is 15.3. The molecule has 0 aliphatic heterocycles. The van der Waals surface area contributed by atoms with Gasteiger partial charge in [-0.15, -0.1) is 4.98 Å². The molecule has 1 aromatic heterocycles. The number of anilines is 3. The molecule has 0 aliphatic rings. The fourth-order valence-electron chi connectivity index (χ4n) is 2.35. The Kier molecular flexibility index (Phi) is 5.55. The number of ether oxygens (including phenoxy) is 2. The van der Waals surface area contributed by atoms with Gasteiger partial charge in [0.15, 0.2) is 0 Å². The molecule has 0 radical (unpaired) electrons. The van der Waals surface area contributed by atoms with Crippen molar-refractivity contribution in [2.45, 2.75) is 13.8 Å². The Morgan fingerprint density at radius 3 is 1.48 bits per heavy atom. The van der Waals surface area contributed by atoms with Crippen LogP contribution in [0.25, 0.3) is 0 Å². The average molecular weight is 366 g/mol. The first-order valence-corrected chi connectivity index (χ1v) is 8.65. The molecule has 8 heteroatoms. The Bertz CT molecular complexity index is 814. The van der Waals surface area contributed by atoms with Crippen molar-refractivity contribution in [2.24, 2.45) is 0 Å². The van der Waals surface area contributed by atoms with Gasteiger partial charge in [-0.1, -0.05) is 0 Å². The highest BCUT2D eigenvalue weighted by molar-refractivity contribution is 5.44. The molecule has 0 saturated heterocycles. The molecule has 1 heterocycles. The lowest BCUT2D eigenvalue weighted by Crippen LogP contribution is -2.24. The normalized spacial score (nSPS) is 10.4. The first kappa shape index (κ1) is 18.2. The number of nitrogens with zero attached hydrogens (tertiary/aromatic N) is 4. The minimum absolute atomic E-state index is 0.141. The number of benzene rings is 2. The molecule has 0 aliphatic carbocycles. The topological polar surface area (TPSA) is 112 Å². The average Bonchev–Trinajstić information content (AvgIpc) is 2.66. The lowest BCUT2D eigenvalue weighted by Gasteiger charge is -2.19. The van der Waals surface area contributed by atoms with Crippen LogP contribution in [0.3, 0.4) is 0 Å². The maximum Gasteiger partial charge on any atom is 0.330 e. The molecule has 27 heavy (non-hydrogen) atoms. The molecule has 3 aromatic rings. The molecule has 8 nitrogen and oxygen atoms in total. The summed E-state index contributed by atoms with van der Waals surface area (Å²) in [5, 5.41) is 0. The maximum absolute atomic E-state index is 5.77. The van der Waals surface area contributed by atoms with Crippen LogP contribution in [0.2, 0.25) is 0 Å². The van der Waals surface area contributed by atoms with Crippen LogP contribution in [0.1, 0.15) is 13.8 Å². The van der Waals surface area contributed by atoms with Crippen molar-refractivity contribution in [3.05, 3.63) is 48.5 Å². The van der Waals surface area contributed by atoms with Crippen molar-refractivity contribution < 1.29 is 9.47 Å².